The van der Waals surface area contributed by atoms with Gasteiger partial charge in [0.05, 0.1) is 5.41 Å². The van der Waals surface area contributed by atoms with E-state index in [0.717, 1.165) is 50.5 Å². The van der Waals surface area contributed by atoms with Crippen molar-refractivity contribution in [2.75, 3.05) is 0 Å². The van der Waals surface area contributed by atoms with Crippen LogP contribution in [0.25, 0.3) is 0 Å². The SMILES string of the molecule is C=C(C)C1CC[C@]2(C(=O)F)CCC3(C)C(CCC4C5(C)CCC(=O)C(C)(C)C5CCC43C)C12. The Bertz CT molecular complexity index is 905. The molecule has 0 saturated heterocycles. The van der Waals surface area contributed by atoms with E-state index in [1.165, 1.54) is 0 Å². The van der Waals surface area contributed by atoms with Gasteiger partial charge in [-0.15, -0.1) is 0 Å². The highest BCUT2D eigenvalue weighted by molar-refractivity contribution is 5.85. The van der Waals surface area contributed by atoms with Gasteiger partial charge in [-0.05, 0) is 111 Å². The van der Waals surface area contributed by atoms with Crippen LogP contribution in [0.4, 0.5) is 4.39 Å². The van der Waals surface area contributed by atoms with Gasteiger partial charge in [-0.25, -0.2) is 0 Å². The topological polar surface area (TPSA) is 34.1 Å². The maximum absolute atomic E-state index is 14.8. The van der Waals surface area contributed by atoms with Gasteiger partial charge in [-0.3, -0.25) is 9.59 Å². The Morgan fingerprint density at radius 1 is 0.879 bits per heavy atom. The first-order chi connectivity index (χ1) is 15.3. The molecule has 0 radical (unpaired) electrons. The summed E-state index contributed by atoms with van der Waals surface area (Å²) in [4.78, 5) is 25.4. The summed E-state index contributed by atoms with van der Waals surface area (Å²) in [6.07, 6.45) is 9.54. The zero-order valence-corrected chi connectivity index (χ0v) is 21.9. The zero-order chi connectivity index (χ0) is 24.2. The molecule has 5 rings (SSSR count). The molecule has 8 unspecified atom stereocenters. The minimum atomic E-state index is -1.05. The summed E-state index contributed by atoms with van der Waals surface area (Å²) in [5.74, 6) is 2.26. The predicted molar refractivity (Wildman–Crippen MR) is 130 cm³/mol. The molecule has 5 saturated carbocycles. The predicted octanol–water partition coefficient (Wildman–Crippen LogP) is 7.71. The number of carbonyl (C=O) groups excluding carboxylic acids is 2. The van der Waals surface area contributed by atoms with Crippen LogP contribution < -0.4 is 0 Å². The average molecular weight is 457 g/mol. The van der Waals surface area contributed by atoms with Crippen LogP contribution in [0.5, 0.6) is 0 Å². The molecule has 184 valence electrons. The fraction of sp³-hybridized carbons (Fsp3) is 0.867. The Labute approximate surface area is 200 Å². The third-order valence-corrected chi connectivity index (χ3v) is 13.2. The number of carbonyl (C=O) groups is 2. The lowest BCUT2D eigenvalue weighted by atomic mass is 9.32. The third-order valence-electron chi connectivity index (χ3n) is 13.2. The van der Waals surface area contributed by atoms with E-state index in [1.807, 2.05) is 0 Å². The van der Waals surface area contributed by atoms with Crippen LogP contribution in [0.15, 0.2) is 12.2 Å². The monoisotopic (exact) mass is 456 g/mol. The van der Waals surface area contributed by atoms with E-state index in [0.29, 0.717) is 42.8 Å². The van der Waals surface area contributed by atoms with Crippen molar-refractivity contribution in [2.45, 2.75) is 106 Å². The number of allylic oxidation sites excluding steroid dienone is 1. The molecule has 0 heterocycles. The van der Waals surface area contributed by atoms with Crippen molar-refractivity contribution >= 4 is 11.8 Å². The highest BCUT2D eigenvalue weighted by atomic mass is 19.1. The molecule has 0 aromatic carbocycles. The van der Waals surface area contributed by atoms with Crippen LogP contribution in [0.3, 0.4) is 0 Å². The number of ketones is 1. The van der Waals surface area contributed by atoms with Gasteiger partial charge in [0.25, 0.3) is 0 Å². The van der Waals surface area contributed by atoms with E-state index in [-0.39, 0.29) is 33.5 Å². The van der Waals surface area contributed by atoms with Crippen LogP contribution in [0, 0.1) is 56.7 Å². The van der Waals surface area contributed by atoms with E-state index in [1.54, 1.807) is 0 Å². The van der Waals surface area contributed by atoms with E-state index >= 15 is 0 Å². The van der Waals surface area contributed by atoms with Crippen LogP contribution in [-0.4, -0.2) is 11.8 Å². The molecule has 0 spiro atoms. The zero-order valence-electron chi connectivity index (χ0n) is 21.9. The molecule has 5 fully saturated rings. The van der Waals surface area contributed by atoms with Crippen LogP contribution in [0.1, 0.15) is 106 Å². The average Bonchev–Trinajstić information content (AvgIpc) is 3.13. The second-order valence-corrected chi connectivity index (χ2v) is 14.3. The summed E-state index contributed by atoms with van der Waals surface area (Å²) >= 11 is 0. The summed E-state index contributed by atoms with van der Waals surface area (Å²) in [6, 6.07) is -1.05. The number of fused-ring (bicyclic) bond motifs is 7. The van der Waals surface area contributed by atoms with Crippen molar-refractivity contribution in [1.29, 1.82) is 0 Å². The van der Waals surface area contributed by atoms with Crippen LogP contribution in [-0.2, 0) is 9.59 Å². The number of halogens is 1. The minimum absolute atomic E-state index is 0.108. The quantitative estimate of drug-likeness (QED) is 0.315. The first-order valence-electron chi connectivity index (χ1n) is 13.6. The van der Waals surface area contributed by atoms with E-state index < -0.39 is 11.5 Å². The Hall–Kier alpha value is -0.990. The first kappa shape index (κ1) is 23.7. The molecule has 0 aromatic rings. The van der Waals surface area contributed by atoms with Gasteiger partial charge in [0.2, 0.25) is 0 Å². The maximum Gasteiger partial charge on any atom is 0.307 e. The van der Waals surface area contributed by atoms with E-state index in [9.17, 15) is 14.0 Å². The van der Waals surface area contributed by atoms with Gasteiger partial charge in [-0.1, -0.05) is 46.8 Å². The van der Waals surface area contributed by atoms with Crippen molar-refractivity contribution < 1.29 is 14.0 Å². The summed E-state index contributed by atoms with van der Waals surface area (Å²) in [7, 11) is 0. The van der Waals surface area contributed by atoms with Crippen molar-refractivity contribution in [2.24, 2.45) is 56.7 Å². The smallest absolute Gasteiger partial charge is 0.299 e. The Morgan fingerprint density at radius 2 is 1.58 bits per heavy atom. The number of hydrogen-bond donors (Lipinski definition) is 0. The largest absolute Gasteiger partial charge is 0.307 e. The van der Waals surface area contributed by atoms with Crippen molar-refractivity contribution in [1.82, 2.24) is 0 Å². The highest BCUT2D eigenvalue weighted by Crippen LogP contribution is 2.77. The van der Waals surface area contributed by atoms with E-state index in [4.69, 9.17) is 0 Å². The summed E-state index contributed by atoms with van der Waals surface area (Å²) in [5.41, 5.74) is 0.611. The molecule has 2 nitrogen and oxygen atoms in total. The van der Waals surface area contributed by atoms with Gasteiger partial charge < -0.3 is 0 Å². The summed E-state index contributed by atoms with van der Waals surface area (Å²) in [5, 5.41) is 0. The van der Waals surface area contributed by atoms with Crippen LogP contribution in [0.2, 0.25) is 0 Å². The van der Waals surface area contributed by atoms with Crippen molar-refractivity contribution in [3.63, 3.8) is 0 Å². The lowest BCUT2D eigenvalue weighted by molar-refractivity contribution is -0.234. The molecular weight excluding hydrogens is 411 g/mol. The second kappa shape index (κ2) is 7.03. The molecule has 5 aliphatic carbocycles. The normalized spacial score (nSPS) is 52.8. The molecule has 0 bridgehead atoms. The summed E-state index contributed by atoms with van der Waals surface area (Å²) < 4.78 is 14.8. The standard InChI is InChI=1S/C30H45FO2/c1-18(2)19-10-15-30(25(31)33)17-16-28(6)20(24(19)30)8-9-22-27(5)13-12-23(32)26(3,4)21(27)11-14-29(22,28)7/h19-22,24H,1,8-17H2,2-7H3/t19?,20?,21?,22?,24?,27?,28?,29?,30-/m0/s1. The van der Waals surface area contributed by atoms with Crippen molar-refractivity contribution in [3.8, 4) is 0 Å². The first-order valence-corrected chi connectivity index (χ1v) is 13.6. The fourth-order valence-corrected chi connectivity index (χ4v) is 11.3. The molecular formula is C30H45FO2. The van der Waals surface area contributed by atoms with Crippen LogP contribution >= 0.6 is 0 Å². The second-order valence-electron chi connectivity index (χ2n) is 14.3. The summed E-state index contributed by atoms with van der Waals surface area (Å²) in [6.45, 7) is 18.3. The Morgan fingerprint density at radius 3 is 2.21 bits per heavy atom. The number of rotatable bonds is 2. The molecule has 0 amide bonds. The molecule has 9 atom stereocenters. The highest BCUT2D eigenvalue weighted by Gasteiger charge is 2.72. The van der Waals surface area contributed by atoms with Gasteiger partial charge in [0.1, 0.15) is 5.78 Å². The number of hydrogen-bond acceptors (Lipinski definition) is 2. The van der Waals surface area contributed by atoms with Crippen molar-refractivity contribution in [3.05, 3.63) is 12.2 Å². The molecule has 0 aromatic heterocycles. The Balaban J connectivity index is 1.57. The molecule has 0 aliphatic heterocycles. The van der Waals surface area contributed by atoms with Gasteiger partial charge in [0.15, 0.2) is 0 Å². The molecule has 0 N–H and O–H groups in total. The lowest BCUT2D eigenvalue weighted by Gasteiger charge is -2.72. The maximum atomic E-state index is 14.8. The Kier molecular flexibility index (Phi) is 5.06. The van der Waals surface area contributed by atoms with Gasteiger partial charge in [-0.2, -0.15) is 4.39 Å². The molecule has 33 heavy (non-hydrogen) atoms. The lowest BCUT2D eigenvalue weighted by Crippen LogP contribution is -2.66. The molecule has 5 aliphatic rings. The van der Waals surface area contributed by atoms with E-state index in [2.05, 4.69) is 48.1 Å². The molecule has 3 heteroatoms. The third kappa shape index (κ3) is 2.72. The minimum Gasteiger partial charge on any atom is -0.299 e. The van der Waals surface area contributed by atoms with Gasteiger partial charge in [0, 0.05) is 11.8 Å². The van der Waals surface area contributed by atoms with Gasteiger partial charge >= 0.3 is 6.04 Å². The fourth-order valence-electron chi connectivity index (χ4n) is 11.3. The number of Topliss-reactive ketones (excluding diaryl/α,β-unsaturated/α-hetero) is 1.